The second kappa shape index (κ2) is 7.50. The highest BCUT2D eigenvalue weighted by Gasteiger charge is 2.20. The molecule has 1 N–H and O–H groups in total. The van der Waals surface area contributed by atoms with Gasteiger partial charge in [-0.05, 0) is 25.8 Å². The minimum atomic E-state index is 0.621. The summed E-state index contributed by atoms with van der Waals surface area (Å²) >= 11 is 0. The second-order valence-corrected chi connectivity index (χ2v) is 5.19. The molecular formula is C14H26N4O. The first kappa shape index (κ1) is 14.3. The summed E-state index contributed by atoms with van der Waals surface area (Å²) in [5, 5.41) is 8.01. The van der Waals surface area contributed by atoms with Crippen molar-refractivity contribution in [3.63, 3.8) is 0 Å². The maximum Gasteiger partial charge on any atom is 0.0753 e. The Morgan fingerprint density at radius 1 is 1.53 bits per heavy atom. The third-order valence-corrected chi connectivity index (χ3v) is 3.61. The monoisotopic (exact) mass is 266 g/mol. The maximum absolute atomic E-state index is 5.08. The van der Waals surface area contributed by atoms with E-state index in [1.165, 1.54) is 24.9 Å². The second-order valence-electron chi connectivity index (χ2n) is 5.19. The lowest BCUT2D eigenvalue weighted by atomic mass is 10.1. The van der Waals surface area contributed by atoms with Crippen LogP contribution in [0.1, 0.15) is 26.2 Å². The number of hydrogen-bond donors (Lipinski definition) is 1. The number of ether oxygens (including phenoxy) is 1. The highest BCUT2D eigenvalue weighted by molar-refractivity contribution is 5.43. The molecule has 0 saturated carbocycles. The van der Waals surface area contributed by atoms with Gasteiger partial charge < -0.3 is 15.0 Å². The molecule has 1 aromatic heterocycles. The van der Waals surface area contributed by atoms with Gasteiger partial charge in [0.15, 0.2) is 0 Å². The summed E-state index contributed by atoms with van der Waals surface area (Å²) in [6.45, 7) is 7.10. The zero-order chi connectivity index (χ0) is 13.5. The van der Waals surface area contributed by atoms with Crippen molar-refractivity contribution in [2.75, 3.05) is 38.3 Å². The molecule has 0 amide bonds. The van der Waals surface area contributed by atoms with Crippen LogP contribution >= 0.6 is 0 Å². The minimum absolute atomic E-state index is 0.621. The normalized spacial score (nSPS) is 19.9. The molecule has 108 valence electrons. The number of anilines is 1. The summed E-state index contributed by atoms with van der Waals surface area (Å²) < 4.78 is 7.04. The van der Waals surface area contributed by atoms with Crippen molar-refractivity contribution >= 4 is 5.69 Å². The molecule has 1 fully saturated rings. The molecule has 0 radical (unpaired) electrons. The van der Waals surface area contributed by atoms with Gasteiger partial charge in [0.05, 0.1) is 25.0 Å². The number of rotatable bonds is 7. The molecule has 1 aliphatic heterocycles. The Morgan fingerprint density at radius 2 is 2.42 bits per heavy atom. The predicted molar refractivity (Wildman–Crippen MR) is 77.6 cm³/mol. The first-order chi connectivity index (χ1) is 9.33. The number of methoxy groups -OCH3 is 1. The van der Waals surface area contributed by atoms with Gasteiger partial charge in [0.25, 0.3) is 0 Å². The fourth-order valence-corrected chi connectivity index (χ4v) is 2.55. The number of piperidine rings is 1. The average Bonchev–Trinajstić information content (AvgIpc) is 2.92. The van der Waals surface area contributed by atoms with E-state index in [1.807, 2.05) is 10.9 Å². The lowest BCUT2D eigenvalue weighted by Gasteiger charge is -2.34. The Labute approximate surface area is 115 Å². The highest BCUT2D eigenvalue weighted by atomic mass is 16.5. The first-order valence-corrected chi connectivity index (χ1v) is 7.33. The maximum atomic E-state index is 5.08. The lowest BCUT2D eigenvalue weighted by Crippen LogP contribution is -2.45. The molecule has 1 aromatic rings. The van der Waals surface area contributed by atoms with E-state index in [2.05, 4.69) is 28.4 Å². The molecular weight excluding hydrogens is 240 g/mol. The van der Waals surface area contributed by atoms with Crippen molar-refractivity contribution in [3.05, 3.63) is 12.4 Å². The van der Waals surface area contributed by atoms with Crippen LogP contribution in [0.5, 0.6) is 0 Å². The molecule has 2 heterocycles. The molecule has 5 heteroatoms. The third-order valence-electron chi connectivity index (χ3n) is 3.61. The van der Waals surface area contributed by atoms with E-state index in [9.17, 15) is 0 Å². The number of aromatic nitrogens is 2. The number of nitrogens with one attached hydrogen (secondary N) is 1. The van der Waals surface area contributed by atoms with Crippen LogP contribution in [0.4, 0.5) is 5.69 Å². The Bertz CT molecular complexity index is 366. The Kier molecular flexibility index (Phi) is 5.66. The van der Waals surface area contributed by atoms with Gasteiger partial charge >= 0.3 is 0 Å². The molecule has 2 rings (SSSR count). The van der Waals surface area contributed by atoms with Gasteiger partial charge in [-0.3, -0.25) is 4.68 Å². The lowest BCUT2D eigenvalue weighted by molar-refractivity contribution is 0.183. The van der Waals surface area contributed by atoms with Gasteiger partial charge in [0.1, 0.15) is 0 Å². The number of nitrogens with zero attached hydrogens (tertiary/aromatic N) is 3. The van der Waals surface area contributed by atoms with Crippen molar-refractivity contribution in [3.8, 4) is 0 Å². The predicted octanol–water partition coefficient (Wildman–Crippen LogP) is 1.50. The van der Waals surface area contributed by atoms with Crippen LogP contribution in [0.3, 0.4) is 0 Å². The van der Waals surface area contributed by atoms with Gasteiger partial charge in [-0.2, -0.15) is 5.10 Å². The molecule has 5 nitrogen and oxygen atoms in total. The van der Waals surface area contributed by atoms with Gasteiger partial charge in [-0.15, -0.1) is 0 Å². The van der Waals surface area contributed by atoms with Gasteiger partial charge in [0.2, 0.25) is 0 Å². The molecule has 1 unspecified atom stereocenters. The average molecular weight is 266 g/mol. The van der Waals surface area contributed by atoms with Crippen molar-refractivity contribution in [1.29, 1.82) is 0 Å². The molecule has 1 saturated heterocycles. The van der Waals surface area contributed by atoms with Crippen LogP contribution in [-0.2, 0) is 11.3 Å². The smallest absolute Gasteiger partial charge is 0.0753 e. The number of hydrogen-bond acceptors (Lipinski definition) is 4. The van der Waals surface area contributed by atoms with Crippen LogP contribution < -0.4 is 10.2 Å². The largest absolute Gasteiger partial charge is 0.383 e. The van der Waals surface area contributed by atoms with Crippen molar-refractivity contribution in [2.24, 2.45) is 0 Å². The van der Waals surface area contributed by atoms with Gasteiger partial charge in [-0.1, -0.05) is 6.92 Å². The van der Waals surface area contributed by atoms with E-state index in [-0.39, 0.29) is 0 Å². The standard InChI is InChI=1S/C14H26N4O/c1-3-6-15-13-5-4-7-17(11-13)14-10-16-18(12-14)8-9-19-2/h10,12-13,15H,3-9,11H2,1-2H3. The van der Waals surface area contributed by atoms with E-state index in [0.717, 1.165) is 26.2 Å². The Balaban J connectivity index is 1.87. The fourth-order valence-electron chi connectivity index (χ4n) is 2.55. The molecule has 19 heavy (non-hydrogen) atoms. The van der Waals surface area contributed by atoms with Gasteiger partial charge in [0, 0.05) is 32.4 Å². The van der Waals surface area contributed by atoms with Crippen molar-refractivity contribution in [2.45, 2.75) is 38.8 Å². The van der Waals surface area contributed by atoms with Crippen molar-refractivity contribution < 1.29 is 4.74 Å². The summed E-state index contributed by atoms with van der Waals surface area (Å²) in [5.41, 5.74) is 1.24. The van der Waals surface area contributed by atoms with Crippen molar-refractivity contribution in [1.82, 2.24) is 15.1 Å². The summed E-state index contributed by atoms with van der Waals surface area (Å²) in [6.07, 6.45) is 7.84. The van der Waals surface area contributed by atoms with E-state index >= 15 is 0 Å². The Hall–Kier alpha value is -1.07. The molecule has 0 bridgehead atoms. The third kappa shape index (κ3) is 4.21. The molecule has 0 aromatic carbocycles. The molecule has 1 aliphatic rings. The molecule has 0 spiro atoms. The summed E-state index contributed by atoms with van der Waals surface area (Å²) in [7, 11) is 1.72. The zero-order valence-corrected chi connectivity index (χ0v) is 12.1. The van der Waals surface area contributed by atoms with E-state index in [1.54, 1.807) is 7.11 Å². The molecule has 1 atom stereocenters. The fraction of sp³-hybridized carbons (Fsp3) is 0.786. The molecule has 0 aliphatic carbocycles. The SMILES string of the molecule is CCCNC1CCCN(c2cnn(CCOC)c2)C1. The van der Waals surface area contributed by atoms with E-state index in [4.69, 9.17) is 4.74 Å². The van der Waals surface area contributed by atoms with Crippen LogP contribution in [0.25, 0.3) is 0 Å². The quantitative estimate of drug-likeness (QED) is 0.812. The zero-order valence-electron chi connectivity index (χ0n) is 12.1. The highest BCUT2D eigenvalue weighted by Crippen LogP contribution is 2.19. The summed E-state index contributed by atoms with van der Waals surface area (Å²) in [6, 6.07) is 0.621. The minimum Gasteiger partial charge on any atom is -0.383 e. The van der Waals surface area contributed by atoms with E-state index < -0.39 is 0 Å². The van der Waals surface area contributed by atoms with Crippen LogP contribution in [-0.4, -0.2) is 49.2 Å². The van der Waals surface area contributed by atoms with Crippen LogP contribution in [0, 0.1) is 0 Å². The first-order valence-electron chi connectivity index (χ1n) is 7.33. The summed E-state index contributed by atoms with van der Waals surface area (Å²) in [4.78, 5) is 2.44. The van der Waals surface area contributed by atoms with Gasteiger partial charge in [-0.25, -0.2) is 0 Å². The topological polar surface area (TPSA) is 42.3 Å². The van der Waals surface area contributed by atoms with E-state index in [0.29, 0.717) is 12.6 Å². The summed E-state index contributed by atoms with van der Waals surface area (Å²) in [5.74, 6) is 0. The Morgan fingerprint density at radius 3 is 3.21 bits per heavy atom. The van der Waals surface area contributed by atoms with Crippen LogP contribution in [0.2, 0.25) is 0 Å². The van der Waals surface area contributed by atoms with Crippen LogP contribution in [0.15, 0.2) is 12.4 Å².